The Morgan fingerprint density at radius 2 is 1.77 bits per heavy atom. The SMILES string of the molecule is CC1(C)Oc2ccc(-c3ccc(OC(F)(F)F)cc3)cc2CN1Cc1ccccn1. The summed E-state index contributed by atoms with van der Waals surface area (Å²) in [6.07, 6.45) is -2.93. The van der Waals surface area contributed by atoms with Crippen LogP contribution < -0.4 is 9.47 Å². The lowest BCUT2D eigenvalue weighted by atomic mass is 10.00. The lowest BCUT2D eigenvalue weighted by Gasteiger charge is -2.43. The molecule has 1 aliphatic heterocycles. The molecule has 0 amide bonds. The fraction of sp³-hybridized carbons (Fsp3) is 0.261. The highest BCUT2D eigenvalue weighted by Crippen LogP contribution is 2.37. The first-order valence-corrected chi connectivity index (χ1v) is 9.53. The highest BCUT2D eigenvalue weighted by Gasteiger charge is 2.35. The molecular weight excluding hydrogens is 393 g/mol. The predicted molar refractivity (Wildman–Crippen MR) is 107 cm³/mol. The molecule has 0 aliphatic carbocycles. The van der Waals surface area contributed by atoms with E-state index >= 15 is 0 Å². The number of hydrogen-bond donors (Lipinski definition) is 0. The zero-order valence-corrected chi connectivity index (χ0v) is 16.6. The first-order chi connectivity index (χ1) is 14.2. The second-order valence-electron chi connectivity index (χ2n) is 7.62. The van der Waals surface area contributed by atoms with Gasteiger partial charge in [-0.25, -0.2) is 0 Å². The van der Waals surface area contributed by atoms with E-state index in [4.69, 9.17) is 4.74 Å². The van der Waals surface area contributed by atoms with Crippen molar-refractivity contribution in [2.24, 2.45) is 0 Å². The van der Waals surface area contributed by atoms with E-state index < -0.39 is 12.1 Å². The van der Waals surface area contributed by atoms with Crippen molar-refractivity contribution in [3.05, 3.63) is 78.1 Å². The Labute approximate surface area is 172 Å². The van der Waals surface area contributed by atoms with Gasteiger partial charge in [0.05, 0.1) is 5.69 Å². The van der Waals surface area contributed by atoms with Gasteiger partial charge in [0.2, 0.25) is 0 Å². The van der Waals surface area contributed by atoms with E-state index in [9.17, 15) is 13.2 Å². The summed E-state index contributed by atoms with van der Waals surface area (Å²) in [7, 11) is 0. The van der Waals surface area contributed by atoms with Gasteiger partial charge in [0.25, 0.3) is 0 Å². The van der Waals surface area contributed by atoms with Gasteiger partial charge in [-0.3, -0.25) is 9.88 Å². The molecule has 4 nitrogen and oxygen atoms in total. The second-order valence-corrected chi connectivity index (χ2v) is 7.62. The van der Waals surface area contributed by atoms with Crippen molar-refractivity contribution in [3.63, 3.8) is 0 Å². The molecule has 156 valence electrons. The summed E-state index contributed by atoms with van der Waals surface area (Å²) >= 11 is 0. The zero-order valence-electron chi connectivity index (χ0n) is 16.6. The van der Waals surface area contributed by atoms with Gasteiger partial charge < -0.3 is 9.47 Å². The Hall–Kier alpha value is -3.06. The summed E-state index contributed by atoms with van der Waals surface area (Å²) in [4.78, 5) is 6.60. The molecule has 7 heteroatoms. The largest absolute Gasteiger partial charge is 0.573 e. The van der Waals surface area contributed by atoms with Gasteiger partial charge in [0.15, 0.2) is 5.72 Å². The maximum atomic E-state index is 12.4. The van der Waals surface area contributed by atoms with Gasteiger partial charge in [-0.1, -0.05) is 24.3 Å². The monoisotopic (exact) mass is 414 g/mol. The van der Waals surface area contributed by atoms with Gasteiger partial charge in [-0.2, -0.15) is 0 Å². The van der Waals surface area contributed by atoms with Crippen molar-refractivity contribution < 1.29 is 22.6 Å². The number of alkyl halides is 3. The molecule has 30 heavy (non-hydrogen) atoms. The molecule has 0 saturated heterocycles. The van der Waals surface area contributed by atoms with Crippen LogP contribution in [-0.4, -0.2) is 22.0 Å². The van der Waals surface area contributed by atoms with Gasteiger partial charge in [0, 0.05) is 24.8 Å². The Balaban J connectivity index is 1.57. The number of pyridine rings is 1. The average molecular weight is 414 g/mol. The summed E-state index contributed by atoms with van der Waals surface area (Å²) in [5.74, 6) is 0.564. The van der Waals surface area contributed by atoms with Crippen LogP contribution in [0.15, 0.2) is 66.9 Å². The molecule has 3 aromatic rings. The summed E-state index contributed by atoms with van der Waals surface area (Å²) < 4.78 is 47.3. The predicted octanol–water partition coefficient (Wildman–Crippen LogP) is 5.78. The molecule has 4 rings (SSSR count). The van der Waals surface area contributed by atoms with Crippen LogP contribution >= 0.6 is 0 Å². The number of ether oxygens (including phenoxy) is 2. The number of fused-ring (bicyclic) bond motifs is 1. The molecule has 0 radical (unpaired) electrons. The van der Waals surface area contributed by atoms with Crippen LogP contribution in [0.2, 0.25) is 0 Å². The van der Waals surface area contributed by atoms with E-state index in [0.717, 1.165) is 28.1 Å². The summed E-state index contributed by atoms with van der Waals surface area (Å²) in [5, 5.41) is 0. The number of rotatable bonds is 4. The minimum atomic E-state index is -4.70. The molecular formula is C23H21F3N2O2. The molecule has 2 aromatic carbocycles. The minimum absolute atomic E-state index is 0.240. The fourth-order valence-corrected chi connectivity index (χ4v) is 3.49. The Bertz CT molecular complexity index is 1020. The lowest BCUT2D eigenvalue weighted by molar-refractivity contribution is -0.274. The average Bonchev–Trinajstić information content (AvgIpc) is 2.68. The standard InChI is InChI=1S/C23H21F3N2O2/c1-22(2)28(15-19-5-3-4-12-27-19)14-18-13-17(8-11-21(18)30-22)16-6-9-20(10-7-16)29-23(24,25)26/h3-13H,14-15H2,1-2H3. The van der Waals surface area contributed by atoms with Crippen molar-refractivity contribution in [1.29, 1.82) is 0 Å². The number of nitrogens with zero attached hydrogens (tertiary/aromatic N) is 2. The van der Waals surface area contributed by atoms with Crippen LogP contribution in [0.4, 0.5) is 13.2 Å². The second kappa shape index (κ2) is 7.65. The normalized spacial score (nSPS) is 15.9. The van der Waals surface area contributed by atoms with E-state index in [-0.39, 0.29) is 5.75 Å². The number of benzene rings is 2. The van der Waals surface area contributed by atoms with Crippen molar-refractivity contribution >= 4 is 0 Å². The third-order valence-corrected chi connectivity index (χ3v) is 5.04. The van der Waals surface area contributed by atoms with E-state index in [0.29, 0.717) is 13.1 Å². The zero-order chi connectivity index (χ0) is 21.4. The minimum Gasteiger partial charge on any atom is -0.473 e. The highest BCUT2D eigenvalue weighted by atomic mass is 19.4. The molecule has 2 heterocycles. The Morgan fingerprint density at radius 1 is 1.03 bits per heavy atom. The van der Waals surface area contributed by atoms with Gasteiger partial charge in [-0.15, -0.1) is 13.2 Å². The number of hydrogen-bond acceptors (Lipinski definition) is 4. The van der Waals surface area contributed by atoms with Crippen molar-refractivity contribution in [1.82, 2.24) is 9.88 Å². The van der Waals surface area contributed by atoms with E-state index in [1.54, 1.807) is 18.3 Å². The van der Waals surface area contributed by atoms with Crippen molar-refractivity contribution in [2.45, 2.75) is 39.0 Å². The molecule has 0 N–H and O–H groups in total. The van der Waals surface area contributed by atoms with Crippen LogP contribution in [-0.2, 0) is 13.1 Å². The molecule has 1 aliphatic rings. The number of halogens is 3. The molecule has 0 fully saturated rings. The van der Waals surface area contributed by atoms with Crippen molar-refractivity contribution in [3.8, 4) is 22.6 Å². The maximum absolute atomic E-state index is 12.4. The van der Waals surface area contributed by atoms with Crippen molar-refractivity contribution in [2.75, 3.05) is 0 Å². The lowest BCUT2D eigenvalue weighted by Crippen LogP contribution is -2.50. The van der Waals surface area contributed by atoms with E-state index in [2.05, 4.69) is 14.6 Å². The van der Waals surface area contributed by atoms with Crippen LogP contribution in [0.5, 0.6) is 11.5 Å². The van der Waals surface area contributed by atoms with Gasteiger partial charge >= 0.3 is 6.36 Å². The Kier molecular flexibility index (Phi) is 5.15. The third kappa shape index (κ3) is 4.57. The summed E-state index contributed by atoms with van der Waals surface area (Å²) in [6, 6.07) is 17.5. The molecule has 0 bridgehead atoms. The number of aromatic nitrogens is 1. The first kappa shape index (κ1) is 20.2. The topological polar surface area (TPSA) is 34.6 Å². The summed E-state index contributed by atoms with van der Waals surface area (Å²) in [6.45, 7) is 5.35. The highest BCUT2D eigenvalue weighted by molar-refractivity contribution is 5.66. The summed E-state index contributed by atoms with van der Waals surface area (Å²) in [5.41, 5.74) is 3.16. The van der Waals surface area contributed by atoms with E-state index in [1.807, 2.05) is 50.2 Å². The quantitative estimate of drug-likeness (QED) is 0.542. The molecule has 1 aromatic heterocycles. The van der Waals surface area contributed by atoms with Gasteiger partial charge in [-0.05, 0) is 61.4 Å². The molecule has 0 spiro atoms. The first-order valence-electron chi connectivity index (χ1n) is 9.53. The third-order valence-electron chi connectivity index (χ3n) is 5.04. The Morgan fingerprint density at radius 3 is 2.43 bits per heavy atom. The molecule has 0 unspecified atom stereocenters. The molecule has 0 atom stereocenters. The maximum Gasteiger partial charge on any atom is 0.573 e. The van der Waals surface area contributed by atoms with Crippen LogP contribution in [0.1, 0.15) is 25.1 Å². The van der Waals surface area contributed by atoms with Crippen LogP contribution in [0, 0.1) is 0 Å². The fourth-order valence-electron chi connectivity index (χ4n) is 3.49. The van der Waals surface area contributed by atoms with Crippen LogP contribution in [0.3, 0.4) is 0 Å². The van der Waals surface area contributed by atoms with Gasteiger partial charge in [0.1, 0.15) is 11.5 Å². The van der Waals surface area contributed by atoms with Crippen LogP contribution in [0.25, 0.3) is 11.1 Å². The van der Waals surface area contributed by atoms with E-state index in [1.165, 1.54) is 12.1 Å². The molecule has 0 saturated carbocycles. The smallest absolute Gasteiger partial charge is 0.473 e.